The summed E-state index contributed by atoms with van der Waals surface area (Å²) in [5, 5.41) is 15.7. The number of anilines is 3. The van der Waals surface area contributed by atoms with Crippen LogP contribution in [0, 0.1) is 18.3 Å². The maximum absolute atomic E-state index is 12.4. The lowest BCUT2D eigenvalue weighted by molar-refractivity contribution is 0.102. The second kappa shape index (κ2) is 7.68. The Kier molecular flexibility index (Phi) is 5.16. The number of aryl methyl sites for hydroxylation is 1. The molecular formula is C20H15ClN4O. The Hall–Kier alpha value is -3.36. The van der Waals surface area contributed by atoms with Crippen molar-refractivity contribution in [3.8, 4) is 6.07 Å². The molecule has 3 rings (SSSR count). The monoisotopic (exact) mass is 362 g/mol. The molecular weight excluding hydrogens is 348 g/mol. The van der Waals surface area contributed by atoms with E-state index < -0.39 is 0 Å². The van der Waals surface area contributed by atoms with Crippen molar-refractivity contribution in [3.05, 3.63) is 82.5 Å². The lowest BCUT2D eigenvalue weighted by Gasteiger charge is -2.10. The first-order valence-corrected chi connectivity index (χ1v) is 8.24. The molecule has 1 amide bonds. The van der Waals surface area contributed by atoms with Gasteiger partial charge in [-0.3, -0.25) is 4.79 Å². The van der Waals surface area contributed by atoms with E-state index >= 15 is 0 Å². The van der Waals surface area contributed by atoms with E-state index in [1.165, 1.54) is 6.20 Å². The Morgan fingerprint density at radius 2 is 1.92 bits per heavy atom. The third-order valence-corrected chi connectivity index (χ3v) is 4.01. The number of carbonyl (C=O) groups excluding carboxylic acids is 1. The maximum Gasteiger partial charge on any atom is 0.257 e. The zero-order valence-corrected chi connectivity index (χ0v) is 14.7. The normalized spacial score (nSPS) is 10.0. The Bertz CT molecular complexity index is 993. The molecule has 6 heteroatoms. The summed E-state index contributed by atoms with van der Waals surface area (Å²) in [6, 6.07) is 17.9. The van der Waals surface area contributed by atoms with Crippen molar-refractivity contribution >= 4 is 34.7 Å². The highest BCUT2D eigenvalue weighted by atomic mass is 35.5. The molecule has 0 saturated heterocycles. The molecule has 2 N–H and O–H groups in total. The summed E-state index contributed by atoms with van der Waals surface area (Å²) in [6.07, 6.45) is 1.48. The van der Waals surface area contributed by atoms with Crippen LogP contribution >= 0.6 is 11.6 Å². The predicted molar refractivity (Wildman–Crippen MR) is 103 cm³/mol. The zero-order chi connectivity index (χ0) is 18.5. The van der Waals surface area contributed by atoms with E-state index in [1.54, 1.807) is 48.5 Å². The van der Waals surface area contributed by atoms with Gasteiger partial charge < -0.3 is 10.6 Å². The van der Waals surface area contributed by atoms with E-state index in [4.69, 9.17) is 16.9 Å². The lowest BCUT2D eigenvalue weighted by Crippen LogP contribution is -2.13. The van der Waals surface area contributed by atoms with Gasteiger partial charge in [0, 0.05) is 16.9 Å². The highest BCUT2D eigenvalue weighted by Crippen LogP contribution is 2.21. The van der Waals surface area contributed by atoms with E-state index in [9.17, 15) is 4.79 Å². The summed E-state index contributed by atoms with van der Waals surface area (Å²) in [5.41, 5.74) is 3.19. The lowest BCUT2D eigenvalue weighted by atomic mass is 10.2. The van der Waals surface area contributed by atoms with Crippen molar-refractivity contribution < 1.29 is 4.79 Å². The summed E-state index contributed by atoms with van der Waals surface area (Å²) in [6.45, 7) is 1.87. The zero-order valence-electron chi connectivity index (χ0n) is 14.0. The second-order valence-electron chi connectivity index (χ2n) is 5.63. The molecule has 0 spiro atoms. The number of para-hydroxylation sites is 1. The summed E-state index contributed by atoms with van der Waals surface area (Å²) >= 11 is 5.93. The molecule has 26 heavy (non-hydrogen) atoms. The van der Waals surface area contributed by atoms with E-state index in [2.05, 4.69) is 21.7 Å². The summed E-state index contributed by atoms with van der Waals surface area (Å²) in [7, 11) is 0. The maximum atomic E-state index is 12.4. The Labute approximate surface area is 156 Å². The van der Waals surface area contributed by atoms with Crippen LogP contribution < -0.4 is 10.6 Å². The number of pyridine rings is 1. The minimum Gasteiger partial charge on any atom is -0.339 e. The van der Waals surface area contributed by atoms with Crippen molar-refractivity contribution in [2.45, 2.75) is 6.92 Å². The number of hydrogen-bond acceptors (Lipinski definition) is 4. The van der Waals surface area contributed by atoms with Gasteiger partial charge in [0.05, 0.1) is 16.8 Å². The van der Waals surface area contributed by atoms with Gasteiger partial charge in [-0.2, -0.15) is 5.26 Å². The average molecular weight is 363 g/mol. The molecule has 3 aromatic rings. The Morgan fingerprint density at radius 1 is 1.12 bits per heavy atom. The van der Waals surface area contributed by atoms with E-state index in [1.807, 2.05) is 13.0 Å². The van der Waals surface area contributed by atoms with Crippen LogP contribution in [0.25, 0.3) is 0 Å². The molecule has 0 radical (unpaired) electrons. The molecule has 0 bridgehead atoms. The van der Waals surface area contributed by atoms with Crippen LogP contribution in [0.2, 0.25) is 5.02 Å². The third-order valence-electron chi connectivity index (χ3n) is 3.77. The number of nitriles is 1. The first-order valence-electron chi connectivity index (χ1n) is 7.86. The smallest absolute Gasteiger partial charge is 0.257 e. The number of benzene rings is 2. The second-order valence-corrected chi connectivity index (χ2v) is 6.06. The quantitative estimate of drug-likeness (QED) is 0.691. The standard InChI is InChI=1S/C20H15ClN4O/c1-13-10-16(21)7-8-17(13)25-20(26)15-6-9-19(23-12-15)24-18-5-3-2-4-14(18)11-22/h2-10,12H,1H3,(H,23,24)(H,25,26). The van der Waals surface area contributed by atoms with Gasteiger partial charge in [-0.15, -0.1) is 0 Å². The number of halogens is 1. The van der Waals surface area contributed by atoms with Gasteiger partial charge in [0.2, 0.25) is 0 Å². The molecule has 0 unspecified atom stereocenters. The molecule has 0 saturated carbocycles. The van der Waals surface area contributed by atoms with Crippen LogP contribution in [0.15, 0.2) is 60.8 Å². The van der Waals surface area contributed by atoms with Crippen LogP contribution in [-0.4, -0.2) is 10.9 Å². The van der Waals surface area contributed by atoms with Gasteiger partial charge in [0.25, 0.3) is 5.91 Å². The molecule has 1 heterocycles. The minimum absolute atomic E-state index is 0.258. The predicted octanol–water partition coefficient (Wildman–Crippen LogP) is 4.91. The van der Waals surface area contributed by atoms with Crippen molar-refractivity contribution in [2.24, 2.45) is 0 Å². The number of aromatic nitrogens is 1. The fraction of sp³-hybridized carbons (Fsp3) is 0.0500. The van der Waals surface area contributed by atoms with Gasteiger partial charge >= 0.3 is 0 Å². The molecule has 0 aliphatic carbocycles. The van der Waals surface area contributed by atoms with Crippen molar-refractivity contribution in [1.82, 2.24) is 4.98 Å². The first kappa shape index (κ1) is 17.5. The van der Waals surface area contributed by atoms with Crippen LogP contribution in [-0.2, 0) is 0 Å². The summed E-state index contributed by atoms with van der Waals surface area (Å²) in [5.74, 6) is 0.291. The first-order chi connectivity index (χ1) is 12.6. The highest BCUT2D eigenvalue weighted by molar-refractivity contribution is 6.30. The number of amides is 1. The molecule has 0 atom stereocenters. The number of rotatable bonds is 4. The SMILES string of the molecule is Cc1cc(Cl)ccc1NC(=O)c1ccc(Nc2ccccc2C#N)nc1. The number of carbonyl (C=O) groups is 1. The minimum atomic E-state index is -0.258. The summed E-state index contributed by atoms with van der Waals surface area (Å²) < 4.78 is 0. The highest BCUT2D eigenvalue weighted by Gasteiger charge is 2.09. The largest absolute Gasteiger partial charge is 0.339 e. The molecule has 5 nitrogen and oxygen atoms in total. The van der Waals surface area contributed by atoms with Crippen LogP contribution in [0.3, 0.4) is 0 Å². The van der Waals surface area contributed by atoms with Gasteiger partial charge in [-0.05, 0) is 55.0 Å². The van der Waals surface area contributed by atoms with Crippen LogP contribution in [0.5, 0.6) is 0 Å². The molecule has 0 aliphatic heterocycles. The van der Waals surface area contributed by atoms with Crippen LogP contribution in [0.1, 0.15) is 21.5 Å². The van der Waals surface area contributed by atoms with E-state index in [-0.39, 0.29) is 5.91 Å². The van der Waals surface area contributed by atoms with Crippen molar-refractivity contribution in [2.75, 3.05) is 10.6 Å². The average Bonchev–Trinajstić information content (AvgIpc) is 2.65. The van der Waals surface area contributed by atoms with Crippen molar-refractivity contribution in [1.29, 1.82) is 5.26 Å². The third kappa shape index (κ3) is 4.00. The number of nitrogens with one attached hydrogen (secondary N) is 2. The van der Waals surface area contributed by atoms with Gasteiger partial charge in [-0.1, -0.05) is 23.7 Å². The fourth-order valence-electron chi connectivity index (χ4n) is 2.39. The topological polar surface area (TPSA) is 77.8 Å². The number of nitrogens with zero attached hydrogens (tertiary/aromatic N) is 2. The van der Waals surface area contributed by atoms with Gasteiger partial charge in [0.15, 0.2) is 0 Å². The molecule has 0 aliphatic rings. The van der Waals surface area contributed by atoms with Crippen LogP contribution in [0.4, 0.5) is 17.2 Å². The molecule has 0 fully saturated rings. The molecule has 128 valence electrons. The Morgan fingerprint density at radius 3 is 2.62 bits per heavy atom. The van der Waals surface area contributed by atoms with Gasteiger partial charge in [-0.25, -0.2) is 4.98 Å². The fourth-order valence-corrected chi connectivity index (χ4v) is 2.62. The summed E-state index contributed by atoms with van der Waals surface area (Å²) in [4.78, 5) is 16.6. The van der Waals surface area contributed by atoms with Crippen molar-refractivity contribution in [3.63, 3.8) is 0 Å². The Balaban J connectivity index is 1.73. The van der Waals surface area contributed by atoms with E-state index in [0.717, 1.165) is 5.56 Å². The molecule has 1 aromatic heterocycles. The number of hydrogen-bond donors (Lipinski definition) is 2. The van der Waals surface area contributed by atoms with E-state index in [0.29, 0.717) is 33.3 Å². The van der Waals surface area contributed by atoms with Gasteiger partial charge in [0.1, 0.15) is 11.9 Å². The molecule has 2 aromatic carbocycles.